The summed E-state index contributed by atoms with van der Waals surface area (Å²) < 4.78 is 7.02. The van der Waals surface area contributed by atoms with Crippen LogP contribution in [-0.2, 0) is 0 Å². The van der Waals surface area contributed by atoms with Gasteiger partial charge in [-0.2, -0.15) is 0 Å². The number of benzene rings is 2. The molecule has 29 heavy (non-hydrogen) atoms. The van der Waals surface area contributed by atoms with Gasteiger partial charge in [0.05, 0.1) is 28.8 Å². The predicted octanol–water partition coefficient (Wildman–Crippen LogP) is 5.66. The summed E-state index contributed by atoms with van der Waals surface area (Å²) in [6.45, 7) is 8.94. The smallest absolute Gasteiger partial charge is 0.141 e. The van der Waals surface area contributed by atoms with Crippen molar-refractivity contribution in [3.8, 4) is 16.8 Å². The number of nitrogens with zero attached hydrogens (tertiary/aromatic N) is 5. The average Bonchev–Trinajstić information content (AvgIpc) is 3.34. The van der Waals surface area contributed by atoms with E-state index in [4.69, 9.17) is 16.1 Å². The highest BCUT2D eigenvalue weighted by Gasteiger charge is 2.17. The van der Waals surface area contributed by atoms with Crippen molar-refractivity contribution >= 4 is 23.0 Å². The van der Waals surface area contributed by atoms with Gasteiger partial charge in [-0.3, -0.25) is 0 Å². The van der Waals surface area contributed by atoms with Gasteiger partial charge >= 0.3 is 0 Å². The number of aromatic nitrogens is 4. The van der Waals surface area contributed by atoms with Crippen LogP contribution in [0.5, 0.6) is 0 Å². The van der Waals surface area contributed by atoms with Crippen molar-refractivity contribution in [2.24, 2.45) is 0 Å². The molecule has 0 saturated heterocycles. The number of hydrogen-bond acceptors (Lipinski definition) is 5. The zero-order valence-corrected chi connectivity index (χ0v) is 17.6. The van der Waals surface area contributed by atoms with Crippen LogP contribution in [0.1, 0.15) is 23.9 Å². The molecule has 0 aliphatic rings. The van der Waals surface area contributed by atoms with Gasteiger partial charge in [-0.1, -0.05) is 34.1 Å². The summed E-state index contributed by atoms with van der Waals surface area (Å²) >= 11 is 6.57. The number of aryl methyl sites for hydroxylation is 3. The fourth-order valence-corrected chi connectivity index (χ4v) is 3.89. The summed E-state index contributed by atoms with van der Waals surface area (Å²) in [6.07, 6.45) is 3.40. The van der Waals surface area contributed by atoms with E-state index >= 15 is 0 Å². The maximum Gasteiger partial charge on any atom is 0.141 e. The molecule has 6 nitrogen and oxygen atoms in total. The number of anilines is 2. The molecule has 0 fully saturated rings. The maximum absolute atomic E-state index is 6.57. The highest BCUT2D eigenvalue weighted by molar-refractivity contribution is 6.32. The molecule has 0 radical (unpaired) electrons. The molecule has 2 aromatic heterocycles. The molecule has 2 heterocycles. The van der Waals surface area contributed by atoms with Crippen LogP contribution >= 0.6 is 11.6 Å². The fourth-order valence-electron chi connectivity index (χ4n) is 3.63. The molecule has 0 atom stereocenters. The van der Waals surface area contributed by atoms with E-state index in [-0.39, 0.29) is 0 Å². The molecule has 4 aromatic rings. The standard InChI is InChI=1S/C22H22ClN5O/c1-5-27(18-8-9-20(19(23)13-18)28-11-10-24-26-28)21-12-17(7-6-14(21)2)22-15(3)25-29-16(22)4/h6-13H,5H2,1-4H3. The second-order valence-electron chi connectivity index (χ2n) is 6.93. The van der Waals surface area contributed by atoms with Crippen LogP contribution < -0.4 is 4.90 Å². The summed E-state index contributed by atoms with van der Waals surface area (Å²) in [5, 5.41) is 12.6. The Kier molecular flexibility index (Phi) is 5.11. The van der Waals surface area contributed by atoms with E-state index in [0.717, 1.165) is 46.2 Å². The van der Waals surface area contributed by atoms with Gasteiger partial charge in [0, 0.05) is 23.5 Å². The molecule has 0 spiro atoms. The van der Waals surface area contributed by atoms with E-state index < -0.39 is 0 Å². The molecule has 0 N–H and O–H groups in total. The van der Waals surface area contributed by atoms with Crippen molar-refractivity contribution < 1.29 is 4.52 Å². The fraction of sp³-hybridized carbons (Fsp3) is 0.227. The van der Waals surface area contributed by atoms with Gasteiger partial charge < -0.3 is 9.42 Å². The minimum Gasteiger partial charge on any atom is -0.361 e. The van der Waals surface area contributed by atoms with Crippen LogP contribution in [0.2, 0.25) is 5.02 Å². The van der Waals surface area contributed by atoms with Crippen molar-refractivity contribution in [3.63, 3.8) is 0 Å². The van der Waals surface area contributed by atoms with Gasteiger partial charge in [-0.05, 0) is 63.1 Å². The zero-order valence-electron chi connectivity index (χ0n) is 16.8. The van der Waals surface area contributed by atoms with E-state index in [9.17, 15) is 0 Å². The molecule has 0 unspecified atom stereocenters. The Labute approximate surface area is 174 Å². The summed E-state index contributed by atoms with van der Waals surface area (Å²) in [6, 6.07) is 12.4. The van der Waals surface area contributed by atoms with Crippen LogP contribution in [0.3, 0.4) is 0 Å². The SMILES string of the molecule is CCN(c1ccc(-n2ccnn2)c(Cl)c1)c1cc(-c2c(C)noc2C)ccc1C. The monoisotopic (exact) mass is 407 g/mol. The molecule has 148 valence electrons. The summed E-state index contributed by atoms with van der Waals surface area (Å²) in [5.74, 6) is 0.820. The lowest BCUT2D eigenvalue weighted by atomic mass is 10.0. The first-order valence-corrected chi connectivity index (χ1v) is 9.85. The quantitative estimate of drug-likeness (QED) is 0.427. The van der Waals surface area contributed by atoms with Crippen molar-refractivity contribution in [1.29, 1.82) is 0 Å². The van der Waals surface area contributed by atoms with Crippen molar-refractivity contribution in [2.75, 3.05) is 11.4 Å². The van der Waals surface area contributed by atoms with Crippen LogP contribution in [-0.4, -0.2) is 26.7 Å². The normalized spacial score (nSPS) is 11.1. The molecule has 2 aromatic carbocycles. The van der Waals surface area contributed by atoms with Gasteiger partial charge in [0.1, 0.15) is 5.76 Å². The van der Waals surface area contributed by atoms with Crippen LogP contribution in [0.15, 0.2) is 53.3 Å². The molecule has 0 saturated carbocycles. The van der Waals surface area contributed by atoms with E-state index in [0.29, 0.717) is 5.02 Å². The van der Waals surface area contributed by atoms with Crippen LogP contribution in [0, 0.1) is 20.8 Å². The molecule has 0 amide bonds. The molecule has 0 aliphatic heterocycles. The maximum atomic E-state index is 6.57. The molecular weight excluding hydrogens is 386 g/mol. The highest BCUT2D eigenvalue weighted by Crippen LogP contribution is 2.36. The number of hydrogen-bond donors (Lipinski definition) is 0. The lowest BCUT2D eigenvalue weighted by Gasteiger charge is -2.26. The van der Waals surface area contributed by atoms with E-state index in [1.165, 1.54) is 5.56 Å². The highest BCUT2D eigenvalue weighted by atomic mass is 35.5. The third-order valence-corrected chi connectivity index (χ3v) is 5.35. The first-order valence-electron chi connectivity index (χ1n) is 9.47. The van der Waals surface area contributed by atoms with Gasteiger partial charge in [-0.15, -0.1) is 5.10 Å². The Morgan fingerprint density at radius 1 is 1.10 bits per heavy atom. The van der Waals surface area contributed by atoms with Gasteiger partial charge in [-0.25, -0.2) is 4.68 Å². The third-order valence-electron chi connectivity index (χ3n) is 5.05. The molecule has 0 bridgehead atoms. The van der Waals surface area contributed by atoms with E-state index in [1.807, 2.05) is 26.0 Å². The lowest BCUT2D eigenvalue weighted by Crippen LogP contribution is -2.17. The van der Waals surface area contributed by atoms with Crippen molar-refractivity contribution in [1.82, 2.24) is 20.2 Å². The van der Waals surface area contributed by atoms with E-state index in [1.54, 1.807) is 17.1 Å². The van der Waals surface area contributed by atoms with Gasteiger partial charge in [0.2, 0.25) is 0 Å². The molecule has 4 rings (SSSR count). The Morgan fingerprint density at radius 3 is 2.55 bits per heavy atom. The third kappa shape index (κ3) is 3.51. The zero-order chi connectivity index (χ0) is 20.5. The minimum atomic E-state index is 0.617. The molecule has 7 heteroatoms. The minimum absolute atomic E-state index is 0.617. The summed E-state index contributed by atoms with van der Waals surface area (Å²) in [4.78, 5) is 2.24. The Bertz CT molecular complexity index is 1130. The Balaban J connectivity index is 1.77. The molecular formula is C22H22ClN5O. The Morgan fingerprint density at radius 2 is 1.93 bits per heavy atom. The van der Waals surface area contributed by atoms with E-state index in [2.05, 4.69) is 58.5 Å². The van der Waals surface area contributed by atoms with Crippen molar-refractivity contribution in [2.45, 2.75) is 27.7 Å². The second-order valence-corrected chi connectivity index (χ2v) is 7.34. The predicted molar refractivity (Wildman–Crippen MR) is 115 cm³/mol. The van der Waals surface area contributed by atoms with Gasteiger partial charge in [0.25, 0.3) is 0 Å². The summed E-state index contributed by atoms with van der Waals surface area (Å²) in [7, 11) is 0. The van der Waals surface area contributed by atoms with Gasteiger partial charge in [0.15, 0.2) is 0 Å². The number of halogens is 1. The summed E-state index contributed by atoms with van der Waals surface area (Å²) in [5.41, 5.74) is 7.13. The number of rotatable bonds is 5. The van der Waals surface area contributed by atoms with Crippen LogP contribution in [0.4, 0.5) is 11.4 Å². The first-order chi connectivity index (χ1) is 14.0. The lowest BCUT2D eigenvalue weighted by molar-refractivity contribution is 0.393. The topological polar surface area (TPSA) is 60.0 Å². The second kappa shape index (κ2) is 7.72. The molecule has 0 aliphatic carbocycles. The van der Waals surface area contributed by atoms with Crippen molar-refractivity contribution in [3.05, 3.63) is 70.8 Å². The average molecular weight is 408 g/mol. The Hall–Kier alpha value is -3.12. The first kappa shape index (κ1) is 19.2. The largest absolute Gasteiger partial charge is 0.361 e. The van der Waals surface area contributed by atoms with Crippen LogP contribution in [0.25, 0.3) is 16.8 Å².